The van der Waals surface area contributed by atoms with Crippen LogP contribution in [0.5, 0.6) is 0 Å². The molecule has 2 aromatic carbocycles. The van der Waals surface area contributed by atoms with E-state index in [1.54, 1.807) is 0 Å². The molecule has 0 amide bonds. The molecule has 29 heavy (non-hydrogen) atoms. The Labute approximate surface area is 195 Å². The summed E-state index contributed by atoms with van der Waals surface area (Å²) in [5, 5.41) is 7.93. The highest BCUT2D eigenvalue weighted by Crippen LogP contribution is 2.09. The van der Waals surface area contributed by atoms with Crippen molar-refractivity contribution >= 4 is 36.4 Å². The molecule has 2 aromatic rings. The van der Waals surface area contributed by atoms with Crippen LogP contribution in [-0.4, -0.2) is 26.2 Å². The van der Waals surface area contributed by atoms with Gasteiger partial charge in [0.25, 0.3) is 0 Å². The third-order valence-electron chi connectivity index (χ3n) is 4.87. The van der Waals surface area contributed by atoms with Crippen LogP contribution in [-0.2, 0) is 12.8 Å². The standard InChI is InChI=1S/C24H35ClN2.2ClH/c25-24-15-13-23(14-16-24)17-21-27-19-8-2-1-7-18-26-20-9-6-12-22-10-4-3-5-11-22;;/h3-5,10-11,13-16,26-27H,1-2,6-9,12,17-21H2;2*1H. The zero-order valence-electron chi connectivity index (χ0n) is 17.4. The minimum absolute atomic E-state index is 0. The summed E-state index contributed by atoms with van der Waals surface area (Å²) in [6, 6.07) is 18.9. The van der Waals surface area contributed by atoms with Crippen LogP contribution in [0.15, 0.2) is 54.6 Å². The van der Waals surface area contributed by atoms with E-state index in [9.17, 15) is 0 Å². The van der Waals surface area contributed by atoms with Crippen molar-refractivity contribution in [1.29, 1.82) is 0 Å². The van der Waals surface area contributed by atoms with E-state index in [0.717, 1.165) is 37.6 Å². The maximum absolute atomic E-state index is 5.90. The molecular weight excluding hydrogens is 423 g/mol. The normalized spacial score (nSPS) is 10.2. The van der Waals surface area contributed by atoms with E-state index in [1.165, 1.54) is 56.1 Å². The lowest BCUT2D eigenvalue weighted by molar-refractivity contribution is 0.553. The minimum Gasteiger partial charge on any atom is -0.317 e. The molecule has 5 heteroatoms. The van der Waals surface area contributed by atoms with Gasteiger partial charge in [0.05, 0.1) is 0 Å². The molecule has 0 aliphatic heterocycles. The summed E-state index contributed by atoms with van der Waals surface area (Å²) in [6.07, 6.45) is 10.0. The Hall–Kier alpha value is -0.770. The van der Waals surface area contributed by atoms with Gasteiger partial charge >= 0.3 is 0 Å². The van der Waals surface area contributed by atoms with Gasteiger partial charge in [-0.05, 0) is 88.0 Å². The highest BCUT2D eigenvalue weighted by atomic mass is 35.5. The fraction of sp³-hybridized carbons (Fsp3) is 0.500. The van der Waals surface area contributed by atoms with Gasteiger partial charge in [-0.1, -0.05) is 66.9 Å². The summed E-state index contributed by atoms with van der Waals surface area (Å²) in [6.45, 7) is 4.49. The average Bonchev–Trinajstić information content (AvgIpc) is 2.70. The molecule has 2 N–H and O–H groups in total. The first-order chi connectivity index (χ1) is 13.3. The first-order valence-corrected chi connectivity index (χ1v) is 10.9. The third kappa shape index (κ3) is 14.8. The fourth-order valence-corrected chi connectivity index (χ4v) is 3.34. The summed E-state index contributed by atoms with van der Waals surface area (Å²) in [4.78, 5) is 0. The van der Waals surface area contributed by atoms with Crippen LogP contribution in [0.4, 0.5) is 0 Å². The highest BCUT2D eigenvalue weighted by Gasteiger charge is 1.95. The largest absolute Gasteiger partial charge is 0.317 e. The van der Waals surface area contributed by atoms with Crippen LogP contribution in [0.3, 0.4) is 0 Å². The first kappa shape index (κ1) is 28.2. The number of hydrogen-bond acceptors (Lipinski definition) is 2. The van der Waals surface area contributed by atoms with Gasteiger partial charge in [-0.3, -0.25) is 0 Å². The fourth-order valence-electron chi connectivity index (χ4n) is 3.21. The average molecular weight is 460 g/mol. The molecule has 0 unspecified atom stereocenters. The van der Waals surface area contributed by atoms with Crippen LogP contribution in [0.25, 0.3) is 0 Å². The van der Waals surface area contributed by atoms with Crippen molar-refractivity contribution in [3.8, 4) is 0 Å². The van der Waals surface area contributed by atoms with Gasteiger partial charge in [-0.2, -0.15) is 0 Å². The molecule has 0 saturated heterocycles. The monoisotopic (exact) mass is 458 g/mol. The molecular formula is C24H37Cl3N2. The summed E-state index contributed by atoms with van der Waals surface area (Å²) in [5.41, 5.74) is 2.81. The lowest BCUT2D eigenvalue weighted by Crippen LogP contribution is -2.19. The van der Waals surface area contributed by atoms with Crippen LogP contribution in [0.2, 0.25) is 5.02 Å². The van der Waals surface area contributed by atoms with Gasteiger partial charge in [0, 0.05) is 5.02 Å². The van der Waals surface area contributed by atoms with Crippen LogP contribution >= 0.6 is 36.4 Å². The highest BCUT2D eigenvalue weighted by molar-refractivity contribution is 6.30. The Bertz CT molecular complexity index is 591. The van der Waals surface area contributed by atoms with E-state index in [1.807, 2.05) is 12.1 Å². The van der Waals surface area contributed by atoms with E-state index in [2.05, 4.69) is 53.1 Å². The first-order valence-electron chi connectivity index (χ1n) is 10.5. The number of nitrogens with one attached hydrogen (secondary N) is 2. The van der Waals surface area contributed by atoms with Crippen molar-refractivity contribution in [3.05, 3.63) is 70.7 Å². The number of halogens is 3. The quantitative estimate of drug-likeness (QED) is 0.297. The molecule has 2 nitrogen and oxygen atoms in total. The number of rotatable bonds is 15. The molecule has 164 valence electrons. The maximum Gasteiger partial charge on any atom is 0.0406 e. The Kier molecular flexibility index (Phi) is 18.7. The second kappa shape index (κ2) is 19.2. The Morgan fingerprint density at radius 2 is 1.03 bits per heavy atom. The van der Waals surface area contributed by atoms with Gasteiger partial charge in [-0.25, -0.2) is 0 Å². The van der Waals surface area contributed by atoms with Crippen molar-refractivity contribution < 1.29 is 0 Å². The topological polar surface area (TPSA) is 24.1 Å². The smallest absolute Gasteiger partial charge is 0.0406 e. The Morgan fingerprint density at radius 3 is 1.66 bits per heavy atom. The molecule has 0 heterocycles. The van der Waals surface area contributed by atoms with Crippen LogP contribution < -0.4 is 10.6 Å². The predicted octanol–water partition coefficient (Wildman–Crippen LogP) is 6.49. The molecule has 2 rings (SSSR count). The van der Waals surface area contributed by atoms with E-state index in [4.69, 9.17) is 11.6 Å². The lowest BCUT2D eigenvalue weighted by atomic mass is 10.1. The van der Waals surface area contributed by atoms with E-state index in [0.29, 0.717) is 0 Å². The van der Waals surface area contributed by atoms with Crippen molar-refractivity contribution in [2.24, 2.45) is 0 Å². The summed E-state index contributed by atoms with van der Waals surface area (Å²) in [5.74, 6) is 0. The minimum atomic E-state index is 0. The van der Waals surface area contributed by atoms with Crippen LogP contribution in [0, 0.1) is 0 Å². The van der Waals surface area contributed by atoms with Crippen molar-refractivity contribution in [2.45, 2.75) is 51.4 Å². The van der Waals surface area contributed by atoms with E-state index < -0.39 is 0 Å². The molecule has 0 atom stereocenters. The number of aryl methyl sites for hydroxylation is 1. The van der Waals surface area contributed by atoms with Crippen molar-refractivity contribution in [3.63, 3.8) is 0 Å². The third-order valence-corrected chi connectivity index (χ3v) is 5.12. The molecule has 0 radical (unpaired) electrons. The van der Waals surface area contributed by atoms with Gasteiger partial charge in [-0.15, -0.1) is 24.8 Å². The van der Waals surface area contributed by atoms with Crippen LogP contribution in [0.1, 0.15) is 49.7 Å². The van der Waals surface area contributed by atoms with Gasteiger partial charge in [0.15, 0.2) is 0 Å². The molecule has 0 aromatic heterocycles. The summed E-state index contributed by atoms with van der Waals surface area (Å²) in [7, 11) is 0. The zero-order chi connectivity index (χ0) is 19.0. The lowest BCUT2D eigenvalue weighted by Gasteiger charge is -2.06. The van der Waals surface area contributed by atoms with E-state index >= 15 is 0 Å². The Morgan fingerprint density at radius 1 is 0.517 bits per heavy atom. The molecule has 0 fully saturated rings. The molecule has 0 bridgehead atoms. The number of hydrogen-bond donors (Lipinski definition) is 2. The van der Waals surface area contributed by atoms with Gasteiger partial charge < -0.3 is 10.6 Å². The molecule has 0 saturated carbocycles. The zero-order valence-corrected chi connectivity index (χ0v) is 19.8. The van der Waals surface area contributed by atoms with Gasteiger partial charge in [0.1, 0.15) is 0 Å². The maximum atomic E-state index is 5.90. The van der Waals surface area contributed by atoms with Crippen molar-refractivity contribution in [2.75, 3.05) is 26.2 Å². The Balaban J connectivity index is 0.00000392. The van der Waals surface area contributed by atoms with E-state index in [-0.39, 0.29) is 24.8 Å². The summed E-state index contributed by atoms with van der Waals surface area (Å²) >= 11 is 5.90. The second-order valence-electron chi connectivity index (χ2n) is 7.23. The predicted molar refractivity (Wildman–Crippen MR) is 133 cm³/mol. The summed E-state index contributed by atoms with van der Waals surface area (Å²) < 4.78 is 0. The molecule has 0 spiro atoms. The molecule has 0 aliphatic carbocycles. The SMILES string of the molecule is Cl.Cl.Clc1ccc(CCNCCCCCCNCCCCc2ccccc2)cc1. The molecule has 0 aliphatic rings. The number of benzene rings is 2. The van der Waals surface area contributed by atoms with Crippen molar-refractivity contribution in [1.82, 2.24) is 10.6 Å². The number of unbranched alkanes of at least 4 members (excludes halogenated alkanes) is 4. The second-order valence-corrected chi connectivity index (χ2v) is 7.67. The van der Waals surface area contributed by atoms with Gasteiger partial charge in [0.2, 0.25) is 0 Å².